The van der Waals surface area contributed by atoms with Gasteiger partial charge in [0.05, 0.1) is 11.5 Å². The highest BCUT2D eigenvalue weighted by Crippen LogP contribution is 2.38. The first kappa shape index (κ1) is 27.8. The van der Waals surface area contributed by atoms with Crippen LogP contribution in [0.15, 0.2) is 48.6 Å². The third-order valence-electron chi connectivity index (χ3n) is 6.64. The fourth-order valence-electron chi connectivity index (χ4n) is 4.45. The molecule has 0 saturated heterocycles. The highest BCUT2D eigenvalue weighted by atomic mass is 19.3. The molecule has 0 aromatic heterocycles. The molecule has 188 valence electrons. The summed E-state index contributed by atoms with van der Waals surface area (Å²) in [7, 11) is 0. The molecule has 5 nitrogen and oxygen atoms in total. The Hall–Kier alpha value is -2.47. The van der Waals surface area contributed by atoms with Gasteiger partial charge in [0.1, 0.15) is 19.8 Å². The maximum atomic E-state index is 12.0. The van der Waals surface area contributed by atoms with Gasteiger partial charge in [0, 0.05) is 5.57 Å². The van der Waals surface area contributed by atoms with Crippen molar-refractivity contribution in [1.82, 2.24) is 0 Å². The van der Waals surface area contributed by atoms with Gasteiger partial charge in [0.2, 0.25) is 0 Å². The minimum absolute atomic E-state index is 0.0319. The number of carbonyl (C=O) groups excluding carboxylic acids is 2. The van der Waals surface area contributed by atoms with E-state index in [1.807, 2.05) is 12.1 Å². The van der Waals surface area contributed by atoms with E-state index in [2.05, 4.69) is 37.2 Å². The topological polar surface area (TPSA) is 61.8 Å². The SMILES string of the molecule is C=C(C)C(=O)OCC(COC(=O)C(=C)COF)c1ccc(C2CCC(CCCCC)CC2)cc1. The molecular weight excluding hydrogens is 435 g/mol. The second-order valence-corrected chi connectivity index (χ2v) is 9.41. The highest BCUT2D eigenvalue weighted by molar-refractivity contribution is 5.88. The van der Waals surface area contributed by atoms with Gasteiger partial charge in [0.25, 0.3) is 0 Å². The van der Waals surface area contributed by atoms with E-state index >= 15 is 0 Å². The fraction of sp³-hybridized carbons (Fsp3) is 0.571. The molecule has 0 amide bonds. The molecule has 1 atom stereocenters. The first-order valence-corrected chi connectivity index (χ1v) is 12.4. The smallest absolute Gasteiger partial charge is 0.335 e. The van der Waals surface area contributed by atoms with E-state index in [1.54, 1.807) is 6.92 Å². The molecule has 1 fully saturated rings. The van der Waals surface area contributed by atoms with Crippen LogP contribution in [0.25, 0.3) is 0 Å². The summed E-state index contributed by atoms with van der Waals surface area (Å²) in [5.74, 6) is -0.186. The van der Waals surface area contributed by atoms with Crippen LogP contribution in [0.5, 0.6) is 0 Å². The quantitative estimate of drug-likeness (QED) is 0.170. The number of rotatable bonds is 14. The van der Waals surface area contributed by atoms with Gasteiger partial charge in [-0.25, -0.2) is 9.59 Å². The van der Waals surface area contributed by atoms with Crippen LogP contribution in [-0.4, -0.2) is 31.8 Å². The van der Waals surface area contributed by atoms with Crippen molar-refractivity contribution in [2.45, 2.75) is 77.0 Å². The molecule has 1 saturated carbocycles. The molecule has 0 heterocycles. The van der Waals surface area contributed by atoms with Crippen LogP contribution in [0.4, 0.5) is 4.53 Å². The Morgan fingerprint density at radius 3 is 2.18 bits per heavy atom. The molecule has 34 heavy (non-hydrogen) atoms. The van der Waals surface area contributed by atoms with Crippen molar-refractivity contribution in [3.05, 3.63) is 59.7 Å². The number of unbranched alkanes of at least 4 members (excludes halogenated alkanes) is 2. The Bertz CT molecular complexity index is 809. The average Bonchev–Trinajstić information content (AvgIpc) is 2.84. The number of carbonyl (C=O) groups is 2. The van der Waals surface area contributed by atoms with Crippen molar-refractivity contribution in [3.8, 4) is 0 Å². The Kier molecular flexibility index (Phi) is 12.0. The summed E-state index contributed by atoms with van der Waals surface area (Å²) in [6.07, 6.45) is 10.3. The lowest BCUT2D eigenvalue weighted by atomic mass is 9.77. The van der Waals surface area contributed by atoms with Crippen molar-refractivity contribution in [3.63, 3.8) is 0 Å². The summed E-state index contributed by atoms with van der Waals surface area (Å²) in [6, 6.07) is 8.27. The number of hydrogen-bond acceptors (Lipinski definition) is 5. The van der Waals surface area contributed by atoms with Gasteiger partial charge in [-0.15, -0.1) is 0 Å². The highest BCUT2D eigenvalue weighted by Gasteiger charge is 2.23. The number of hydrogen-bond donors (Lipinski definition) is 0. The molecule has 0 bridgehead atoms. The maximum Gasteiger partial charge on any atom is 0.335 e. The second kappa shape index (κ2) is 14.7. The van der Waals surface area contributed by atoms with Crippen LogP contribution in [-0.2, 0) is 24.0 Å². The van der Waals surface area contributed by atoms with E-state index in [9.17, 15) is 14.1 Å². The van der Waals surface area contributed by atoms with Gasteiger partial charge in [-0.2, -0.15) is 4.94 Å². The fourth-order valence-corrected chi connectivity index (χ4v) is 4.45. The molecule has 1 aromatic rings. The van der Waals surface area contributed by atoms with Gasteiger partial charge in [0.15, 0.2) is 0 Å². The zero-order chi connectivity index (χ0) is 24.9. The first-order chi connectivity index (χ1) is 16.3. The Morgan fingerprint density at radius 1 is 1.00 bits per heavy atom. The van der Waals surface area contributed by atoms with E-state index in [0.717, 1.165) is 11.5 Å². The minimum atomic E-state index is -0.749. The normalized spacial score (nSPS) is 18.7. The zero-order valence-corrected chi connectivity index (χ0v) is 20.7. The maximum absolute atomic E-state index is 12.0. The van der Waals surface area contributed by atoms with Crippen LogP contribution in [0, 0.1) is 5.92 Å². The summed E-state index contributed by atoms with van der Waals surface area (Å²) >= 11 is 0. The average molecular weight is 475 g/mol. The van der Waals surface area contributed by atoms with Crippen LogP contribution >= 0.6 is 0 Å². The summed E-state index contributed by atoms with van der Waals surface area (Å²) in [4.78, 5) is 27.3. The first-order valence-electron chi connectivity index (χ1n) is 12.4. The predicted octanol–water partition coefficient (Wildman–Crippen LogP) is 6.74. The summed E-state index contributed by atoms with van der Waals surface area (Å²) < 4.78 is 22.6. The molecule has 1 aromatic carbocycles. The zero-order valence-electron chi connectivity index (χ0n) is 20.7. The van der Waals surface area contributed by atoms with E-state index in [1.165, 1.54) is 56.9 Å². The minimum Gasteiger partial charge on any atom is -0.462 e. The van der Waals surface area contributed by atoms with Gasteiger partial charge in [-0.3, -0.25) is 0 Å². The largest absolute Gasteiger partial charge is 0.462 e. The third-order valence-corrected chi connectivity index (χ3v) is 6.64. The standard InChI is InChI=1S/C28H39FO5/c1-5-6-7-8-22-9-11-23(12-10-22)24-13-15-25(16-14-24)26(18-32-27(30)20(2)3)19-33-28(31)21(4)17-34-29/h13-16,22-23,26H,2,4-12,17-19H2,1,3H3. The lowest BCUT2D eigenvalue weighted by molar-refractivity contribution is -0.148. The van der Waals surface area contributed by atoms with E-state index in [4.69, 9.17) is 9.47 Å². The molecule has 0 aliphatic heterocycles. The summed E-state index contributed by atoms with van der Waals surface area (Å²) in [5.41, 5.74) is 2.39. The van der Waals surface area contributed by atoms with Crippen molar-refractivity contribution < 1.29 is 28.5 Å². The summed E-state index contributed by atoms with van der Waals surface area (Å²) in [5, 5.41) is 0. The molecule has 6 heteroatoms. The van der Waals surface area contributed by atoms with Crippen molar-refractivity contribution in [2.75, 3.05) is 19.8 Å². The molecule has 0 N–H and O–H groups in total. The number of halogens is 1. The molecule has 0 spiro atoms. The molecule has 1 aliphatic carbocycles. The Labute approximate surface area is 203 Å². The van der Waals surface area contributed by atoms with Crippen LogP contribution in [0.1, 0.15) is 88.2 Å². The lowest BCUT2D eigenvalue weighted by Gasteiger charge is -2.29. The number of ether oxygens (including phenoxy) is 2. The lowest BCUT2D eigenvalue weighted by Crippen LogP contribution is -2.21. The van der Waals surface area contributed by atoms with Crippen molar-refractivity contribution >= 4 is 11.9 Å². The van der Waals surface area contributed by atoms with Crippen LogP contribution in [0.3, 0.4) is 0 Å². The third kappa shape index (κ3) is 9.05. The van der Waals surface area contributed by atoms with Gasteiger partial charge < -0.3 is 9.47 Å². The summed E-state index contributed by atoms with van der Waals surface area (Å²) in [6.45, 7) is 10.3. The molecule has 1 aliphatic rings. The number of benzene rings is 1. The Morgan fingerprint density at radius 2 is 1.62 bits per heavy atom. The van der Waals surface area contributed by atoms with Crippen LogP contribution in [0.2, 0.25) is 0 Å². The van der Waals surface area contributed by atoms with Crippen molar-refractivity contribution in [1.29, 1.82) is 0 Å². The predicted molar refractivity (Wildman–Crippen MR) is 131 cm³/mol. The van der Waals surface area contributed by atoms with E-state index in [0.29, 0.717) is 11.5 Å². The van der Waals surface area contributed by atoms with E-state index in [-0.39, 0.29) is 24.7 Å². The van der Waals surface area contributed by atoms with Crippen LogP contribution < -0.4 is 0 Å². The van der Waals surface area contributed by atoms with Gasteiger partial charge in [-0.1, -0.05) is 70.0 Å². The van der Waals surface area contributed by atoms with E-state index < -0.39 is 18.5 Å². The molecular formula is C28H39FO5. The molecule has 2 rings (SSSR count). The second-order valence-electron chi connectivity index (χ2n) is 9.41. The number of esters is 2. The monoisotopic (exact) mass is 474 g/mol. The Balaban J connectivity index is 1.99. The van der Waals surface area contributed by atoms with Gasteiger partial charge >= 0.3 is 11.9 Å². The van der Waals surface area contributed by atoms with Crippen molar-refractivity contribution in [2.24, 2.45) is 5.92 Å². The molecule has 1 unspecified atom stereocenters. The van der Waals surface area contributed by atoms with Gasteiger partial charge in [-0.05, 0) is 60.1 Å². The molecule has 0 radical (unpaired) electrons.